The van der Waals surface area contributed by atoms with Crippen molar-refractivity contribution in [2.24, 2.45) is 0 Å². The average molecular weight is 308 g/mol. The minimum atomic E-state index is -0.991. The molecule has 5 nitrogen and oxygen atoms in total. The van der Waals surface area contributed by atoms with Gasteiger partial charge in [-0.05, 0) is 26.3 Å². The number of Topliss-reactive ketones (excluding diaryl/α,β-unsaturated/α-hetero) is 1. The third-order valence-electron chi connectivity index (χ3n) is 3.51. The third kappa shape index (κ3) is 4.36. The SMILES string of the molecule is CC(C)O[C@@]1(C)CC(=O)[C@@H]([C@@H](O)c2ccccc2)OCCO1. The van der Waals surface area contributed by atoms with Crippen LogP contribution in [0.2, 0.25) is 0 Å². The molecule has 1 aliphatic heterocycles. The Hall–Kier alpha value is -1.27. The highest BCUT2D eigenvalue weighted by Crippen LogP contribution is 2.28. The number of ether oxygens (including phenoxy) is 3. The number of hydrogen-bond acceptors (Lipinski definition) is 5. The van der Waals surface area contributed by atoms with E-state index in [4.69, 9.17) is 14.2 Å². The van der Waals surface area contributed by atoms with Gasteiger partial charge in [0, 0.05) is 0 Å². The highest BCUT2D eigenvalue weighted by atomic mass is 16.7. The predicted molar refractivity (Wildman–Crippen MR) is 81.3 cm³/mol. The second kappa shape index (κ2) is 7.33. The molecule has 1 saturated heterocycles. The van der Waals surface area contributed by atoms with Gasteiger partial charge in [0.25, 0.3) is 0 Å². The van der Waals surface area contributed by atoms with Crippen molar-refractivity contribution in [3.8, 4) is 0 Å². The van der Waals surface area contributed by atoms with Crippen LogP contribution in [0.25, 0.3) is 0 Å². The van der Waals surface area contributed by atoms with Gasteiger partial charge in [0.1, 0.15) is 12.2 Å². The fourth-order valence-corrected chi connectivity index (χ4v) is 2.66. The zero-order valence-corrected chi connectivity index (χ0v) is 13.3. The fraction of sp³-hybridized carbons (Fsp3) is 0.588. The lowest BCUT2D eigenvalue weighted by atomic mass is 9.97. The molecule has 0 bridgehead atoms. The summed E-state index contributed by atoms with van der Waals surface area (Å²) in [5, 5.41) is 10.5. The topological polar surface area (TPSA) is 65.0 Å². The number of ketones is 1. The number of hydrogen-bond donors (Lipinski definition) is 1. The van der Waals surface area contributed by atoms with E-state index in [1.54, 1.807) is 19.1 Å². The Kier molecular flexibility index (Phi) is 5.69. The van der Waals surface area contributed by atoms with Gasteiger partial charge in [0.15, 0.2) is 11.6 Å². The lowest BCUT2D eigenvalue weighted by Crippen LogP contribution is -2.45. The molecule has 1 aromatic rings. The van der Waals surface area contributed by atoms with E-state index in [2.05, 4.69) is 0 Å². The zero-order chi connectivity index (χ0) is 16.2. The quantitative estimate of drug-likeness (QED) is 0.924. The molecule has 1 heterocycles. The maximum absolute atomic E-state index is 12.5. The Morgan fingerprint density at radius 2 is 1.95 bits per heavy atom. The van der Waals surface area contributed by atoms with Crippen LogP contribution in [0.15, 0.2) is 30.3 Å². The van der Waals surface area contributed by atoms with Gasteiger partial charge in [-0.1, -0.05) is 30.3 Å². The number of benzene rings is 1. The standard InChI is InChI=1S/C17H24O5/c1-12(2)22-17(3)11-14(18)16(20-9-10-21-17)15(19)13-7-5-4-6-8-13/h4-8,12,15-16,19H,9-11H2,1-3H3/t15-,16-,17-/m0/s1. The molecule has 0 amide bonds. The highest BCUT2D eigenvalue weighted by Gasteiger charge is 2.38. The molecule has 1 fully saturated rings. The molecule has 22 heavy (non-hydrogen) atoms. The summed E-state index contributed by atoms with van der Waals surface area (Å²) in [6, 6.07) is 9.06. The van der Waals surface area contributed by atoms with Crippen LogP contribution in [0, 0.1) is 0 Å². The van der Waals surface area contributed by atoms with E-state index < -0.39 is 18.0 Å². The summed E-state index contributed by atoms with van der Waals surface area (Å²) in [4.78, 5) is 12.5. The molecular formula is C17H24O5. The first-order valence-electron chi connectivity index (χ1n) is 7.60. The number of aliphatic hydroxyl groups is 1. The van der Waals surface area contributed by atoms with Crippen LogP contribution in [0.3, 0.4) is 0 Å². The van der Waals surface area contributed by atoms with Crippen molar-refractivity contribution in [2.75, 3.05) is 13.2 Å². The Balaban J connectivity index is 2.14. The van der Waals surface area contributed by atoms with Crippen LogP contribution in [0.1, 0.15) is 38.9 Å². The summed E-state index contributed by atoms with van der Waals surface area (Å²) in [7, 11) is 0. The number of rotatable bonds is 4. The molecule has 5 heteroatoms. The summed E-state index contributed by atoms with van der Waals surface area (Å²) >= 11 is 0. The number of aliphatic hydroxyl groups excluding tert-OH is 1. The van der Waals surface area contributed by atoms with Crippen molar-refractivity contribution < 1.29 is 24.1 Å². The molecule has 0 unspecified atom stereocenters. The Morgan fingerprint density at radius 3 is 2.59 bits per heavy atom. The first kappa shape index (κ1) is 17.1. The summed E-state index contributed by atoms with van der Waals surface area (Å²) in [5.41, 5.74) is 0.661. The second-order valence-corrected chi connectivity index (χ2v) is 5.94. The smallest absolute Gasteiger partial charge is 0.172 e. The Bertz CT molecular complexity index is 487. The minimum Gasteiger partial charge on any atom is -0.385 e. The maximum atomic E-state index is 12.5. The van der Waals surface area contributed by atoms with Crippen LogP contribution < -0.4 is 0 Å². The summed E-state index contributed by atoms with van der Waals surface area (Å²) in [6.45, 7) is 6.09. The molecule has 0 spiro atoms. The van der Waals surface area contributed by atoms with Crippen LogP contribution in [-0.2, 0) is 19.0 Å². The van der Waals surface area contributed by atoms with Crippen LogP contribution in [0.4, 0.5) is 0 Å². The number of carbonyl (C=O) groups is 1. The van der Waals surface area contributed by atoms with Gasteiger partial charge in [-0.15, -0.1) is 0 Å². The van der Waals surface area contributed by atoms with Crippen molar-refractivity contribution >= 4 is 5.78 Å². The van der Waals surface area contributed by atoms with Gasteiger partial charge >= 0.3 is 0 Å². The molecule has 1 N–H and O–H groups in total. The van der Waals surface area contributed by atoms with E-state index in [0.29, 0.717) is 12.2 Å². The number of carbonyl (C=O) groups excluding carboxylic acids is 1. The lowest BCUT2D eigenvalue weighted by Gasteiger charge is -2.35. The molecule has 0 saturated carbocycles. The van der Waals surface area contributed by atoms with E-state index in [-0.39, 0.29) is 24.9 Å². The normalized spacial score (nSPS) is 28.2. The Labute approximate surface area is 131 Å². The molecule has 122 valence electrons. The Morgan fingerprint density at radius 1 is 1.27 bits per heavy atom. The van der Waals surface area contributed by atoms with Crippen molar-refractivity contribution in [3.05, 3.63) is 35.9 Å². The molecule has 0 aromatic heterocycles. The van der Waals surface area contributed by atoms with Gasteiger partial charge < -0.3 is 19.3 Å². The second-order valence-electron chi connectivity index (χ2n) is 5.94. The molecule has 2 rings (SSSR count). The first-order valence-corrected chi connectivity index (χ1v) is 7.60. The first-order chi connectivity index (χ1) is 10.4. The summed E-state index contributed by atoms with van der Waals surface area (Å²) in [5.74, 6) is -1.21. The van der Waals surface area contributed by atoms with Crippen LogP contribution >= 0.6 is 0 Å². The predicted octanol–water partition coefficient (Wildman–Crippen LogP) is 2.24. The van der Waals surface area contributed by atoms with Gasteiger partial charge in [0.2, 0.25) is 0 Å². The van der Waals surface area contributed by atoms with Gasteiger partial charge in [-0.2, -0.15) is 0 Å². The van der Waals surface area contributed by atoms with E-state index in [0.717, 1.165) is 0 Å². The van der Waals surface area contributed by atoms with E-state index in [9.17, 15) is 9.90 Å². The zero-order valence-electron chi connectivity index (χ0n) is 13.3. The fourth-order valence-electron chi connectivity index (χ4n) is 2.66. The van der Waals surface area contributed by atoms with Gasteiger partial charge in [-0.25, -0.2) is 0 Å². The molecule has 1 aliphatic rings. The largest absolute Gasteiger partial charge is 0.385 e. The average Bonchev–Trinajstić information content (AvgIpc) is 2.45. The van der Waals surface area contributed by atoms with Crippen molar-refractivity contribution in [2.45, 2.75) is 51.3 Å². The van der Waals surface area contributed by atoms with E-state index >= 15 is 0 Å². The molecule has 1 aromatic carbocycles. The van der Waals surface area contributed by atoms with Gasteiger partial charge in [-0.3, -0.25) is 4.79 Å². The van der Waals surface area contributed by atoms with Gasteiger partial charge in [0.05, 0.1) is 25.7 Å². The van der Waals surface area contributed by atoms with Crippen molar-refractivity contribution in [1.29, 1.82) is 0 Å². The lowest BCUT2D eigenvalue weighted by molar-refractivity contribution is -0.257. The van der Waals surface area contributed by atoms with Crippen molar-refractivity contribution in [1.82, 2.24) is 0 Å². The summed E-state index contributed by atoms with van der Waals surface area (Å²) in [6.07, 6.45) is -1.91. The molecule has 0 aliphatic carbocycles. The third-order valence-corrected chi connectivity index (χ3v) is 3.51. The molecular weight excluding hydrogens is 284 g/mol. The summed E-state index contributed by atoms with van der Waals surface area (Å²) < 4.78 is 16.9. The van der Waals surface area contributed by atoms with E-state index in [1.165, 1.54) is 0 Å². The van der Waals surface area contributed by atoms with Crippen molar-refractivity contribution in [3.63, 3.8) is 0 Å². The molecule has 0 radical (unpaired) electrons. The minimum absolute atomic E-state index is 0.0414. The monoisotopic (exact) mass is 308 g/mol. The van der Waals surface area contributed by atoms with Crippen LogP contribution in [-0.4, -0.2) is 42.1 Å². The van der Waals surface area contributed by atoms with E-state index in [1.807, 2.05) is 32.0 Å². The molecule has 3 atom stereocenters. The highest BCUT2D eigenvalue weighted by molar-refractivity contribution is 5.84. The van der Waals surface area contributed by atoms with Crippen LogP contribution in [0.5, 0.6) is 0 Å². The maximum Gasteiger partial charge on any atom is 0.172 e.